The van der Waals surface area contributed by atoms with Gasteiger partial charge in [0.25, 0.3) is 5.88 Å². The van der Waals surface area contributed by atoms with Crippen LogP contribution in [-0.2, 0) is 0 Å². The first-order valence-electron chi connectivity index (χ1n) is 5.31. The van der Waals surface area contributed by atoms with Crippen molar-refractivity contribution >= 4 is 16.7 Å². The number of para-hydroxylation sites is 1. The van der Waals surface area contributed by atoms with Crippen LogP contribution in [0, 0.1) is 5.82 Å². The molecule has 3 rings (SSSR count). The molecular weight excluding hydrogens is 235 g/mol. The minimum absolute atomic E-state index is 0.210. The molecule has 0 aliphatic carbocycles. The fourth-order valence-electron chi connectivity index (χ4n) is 1.65. The summed E-state index contributed by atoms with van der Waals surface area (Å²) in [6.07, 6.45) is 0. The summed E-state index contributed by atoms with van der Waals surface area (Å²) in [6.45, 7) is 0. The molecular formula is C13H9FN2O2. The second-order valence-corrected chi connectivity index (χ2v) is 3.77. The predicted octanol–water partition coefficient (Wildman–Crippen LogP) is 3.34. The zero-order valence-electron chi connectivity index (χ0n) is 9.26. The van der Waals surface area contributed by atoms with E-state index < -0.39 is 5.82 Å². The molecule has 2 aromatic carbocycles. The van der Waals surface area contributed by atoms with Gasteiger partial charge >= 0.3 is 0 Å². The molecule has 0 atom stereocenters. The van der Waals surface area contributed by atoms with Crippen LogP contribution in [0.3, 0.4) is 0 Å². The molecule has 0 amide bonds. The minimum Gasteiger partial charge on any atom is -0.434 e. The first kappa shape index (κ1) is 10.6. The third-order valence-corrected chi connectivity index (χ3v) is 2.52. The Balaban J connectivity index is 2.01. The standard InChI is InChI=1S/C13H9FN2O2/c14-8-5-6-12(10(15)7-8)17-13-9-3-1-2-4-11(9)18-16-13/h1-7H,15H2. The Labute approximate surface area is 102 Å². The van der Waals surface area contributed by atoms with Crippen LogP contribution in [0.5, 0.6) is 11.6 Å². The van der Waals surface area contributed by atoms with Crippen molar-refractivity contribution in [1.29, 1.82) is 0 Å². The maximum Gasteiger partial charge on any atom is 0.267 e. The van der Waals surface area contributed by atoms with Crippen LogP contribution in [0.4, 0.5) is 10.1 Å². The van der Waals surface area contributed by atoms with Gasteiger partial charge in [0.2, 0.25) is 0 Å². The fraction of sp³-hybridized carbons (Fsp3) is 0. The van der Waals surface area contributed by atoms with Gasteiger partial charge in [0.15, 0.2) is 11.3 Å². The zero-order valence-corrected chi connectivity index (χ0v) is 9.26. The van der Waals surface area contributed by atoms with Gasteiger partial charge in [0, 0.05) is 6.07 Å². The van der Waals surface area contributed by atoms with Crippen LogP contribution in [-0.4, -0.2) is 5.16 Å². The van der Waals surface area contributed by atoms with E-state index in [1.807, 2.05) is 18.2 Å². The van der Waals surface area contributed by atoms with Gasteiger partial charge in [0.1, 0.15) is 5.82 Å². The summed E-state index contributed by atoms with van der Waals surface area (Å²) in [7, 11) is 0. The van der Waals surface area contributed by atoms with Gasteiger partial charge in [-0.15, -0.1) is 0 Å². The van der Waals surface area contributed by atoms with Crippen LogP contribution >= 0.6 is 0 Å². The lowest BCUT2D eigenvalue weighted by Gasteiger charge is -2.05. The maximum atomic E-state index is 12.9. The second kappa shape index (κ2) is 4.03. The number of hydrogen-bond donors (Lipinski definition) is 1. The number of benzene rings is 2. The van der Waals surface area contributed by atoms with Crippen LogP contribution < -0.4 is 10.5 Å². The van der Waals surface area contributed by atoms with Gasteiger partial charge in [-0.05, 0) is 29.4 Å². The summed E-state index contributed by atoms with van der Waals surface area (Å²) in [5.74, 6) is 0.240. The lowest BCUT2D eigenvalue weighted by atomic mass is 10.2. The van der Waals surface area contributed by atoms with Crippen LogP contribution in [0.25, 0.3) is 11.0 Å². The molecule has 90 valence electrons. The fourth-order valence-corrected chi connectivity index (χ4v) is 1.65. The van der Waals surface area contributed by atoms with E-state index in [2.05, 4.69) is 5.16 Å². The Hall–Kier alpha value is -2.56. The summed E-state index contributed by atoms with van der Waals surface area (Å²) in [6, 6.07) is 11.2. The van der Waals surface area contributed by atoms with E-state index in [0.717, 1.165) is 5.39 Å². The van der Waals surface area contributed by atoms with E-state index in [4.69, 9.17) is 15.0 Å². The van der Waals surface area contributed by atoms with E-state index in [1.54, 1.807) is 6.07 Å². The highest BCUT2D eigenvalue weighted by Crippen LogP contribution is 2.32. The molecule has 0 spiro atoms. The second-order valence-electron chi connectivity index (χ2n) is 3.77. The zero-order chi connectivity index (χ0) is 12.5. The van der Waals surface area contributed by atoms with Crippen molar-refractivity contribution in [2.75, 3.05) is 5.73 Å². The van der Waals surface area contributed by atoms with Gasteiger partial charge in [-0.1, -0.05) is 12.1 Å². The third kappa shape index (κ3) is 1.75. The molecule has 0 saturated heterocycles. The highest BCUT2D eigenvalue weighted by Gasteiger charge is 2.11. The Bertz CT molecular complexity index is 709. The van der Waals surface area contributed by atoms with Crippen LogP contribution in [0.2, 0.25) is 0 Å². The lowest BCUT2D eigenvalue weighted by molar-refractivity contribution is 0.385. The average Bonchev–Trinajstić information content (AvgIpc) is 2.76. The van der Waals surface area contributed by atoms with Crippen LogP contribution in [0.15, 0.2) is 47.0 Å². The van der Waals surface area contributed by atoms with Crippen molar-refractivity contribution in [3.8, 4) is 11.6 Å². The number of halogens is 1. The van der Waals surface area contributed by atoms with Gasteiger partial charge in [-0.2, -0.15) is 0 Å². The molecule has 0 bridgehead atoms. The summed E-state index contributed by atoms with van der Waals surface area (Å²) in [5.41, 5.74) is 6.49. The monoisotopic (exact) mass is 244 g/mol. The third-order valence-electron chi connectivity index (χ3n) is 2.52. The average molecular weight is 244 g/mol. The normalized spacial score (nSPS) is 10.7. The quantitative estimate of drug-likeness (QED) is 0.702. The van der Waals surface area contributed by atoms with Crippen molar-refractivity contribution in [2.45, 2.75) is 0 Å². The Kier molecular flexibility index (Phi) is 2.37. The number of aromatic nitrogens is 1. The minimum atomic E-state index is -0.412. The molecule has 1 aromatic heterocycles. The predicted molar refractivity (Wildman–Crippen MR) is 64.9 cm³/mol. The number of ether oxygens (including phenoxy) is 1. The maximum absolute atomic E-state index is 12.9. The number of rotatable bonds is 2. The molecule has 0 aliphatic rings. The van der Waals surface area contributed by atoms with E-state index >= 15 is 0 Å². The molecule has 0 fully saturated rings. The Morgan fingerprint density at radius 2 is 2.00 bits per heavy atom. The molecule has 5 heteroatoms. The van der Waals surface area contributed by atoms with Crippen molar-refractivity contribution < 1.29 is 13.7 Å². The van der Waals surface area contributed by atoms with E-state index in [9.17, 15) is 4.39 Å². The number of hydrogen-bond acceptors (Lipinski definition) is 4. The number of anilines is 1. The van der Waals surface area contributed by atoms with E-state index in [1.165, 1.54) is 18.2 Å². The van der Waals surface area contributed by atoms with Crippen molar-refractivity contribution in [2.24, 2.45) is 0 Å². The summed E-state index contributed by atoms with van der Waals surface area (Å²) in [5, 5.41) is 4.54. The molecule has 2 N–H and O–H groups in total. The number of fused-ring (bicyclic) bond motifs is 1. The largest absolute Gasteiger partial charge is 0.434 e. The van der Waals surface area contributed by atoms with Gasteiger partial charge < -0.3 is 15.0 Å². The van der Waals surface area contributed by atoms with Crippen molar-refractivity contribution in [1.82, 2.24) is 5.16 Å². The molecule has 18 heavy (non-hydrogen) atoms. The molecule has 0 unspecified atom stereocenters. The number of nitrogen functional groups attached to an aromatic ring is 1. The topological polar surface area (TPSA) is 61.3 Å². The first-order valence-corrected chi connectivity index (χ1v) is 5.31. The van der Waals surface area contributed by atoms with Crippen molar-refractivity contribution in [3.05, 3.63) is 48.3 Å². The van der Waals surface area contributed by atoms with Crippen LogP contribution in [0.1, 0.15) is 0 Å². The van der Waals surface area contributed by atoms with Gasteiger partial charge in [-0.25, -0.2) is 4.39 Å². The number of nitrogens with two attached hydrogens (primary N) is 1. The first-order chi connectivity index (χ1) is 8.74. The Morgan fingerprint density at radius 3 is 2.83 bits per heavy atom. The molecule has 3 aromatic rings. The molecule has 0 aliphatic heterocycles. The number of nitrogens with zero attached hydrogens (tertiary/aromatic N) is 1. The smallest absolute Gasteiger partial charge is 0.267 e. The molecule has 4 nitrogen and oxygen atoms in total. The van der Waals surface area contributed by atoms with E-state index in [0.29, 0.717) is 17.2 Å². The summed E-state index contributed by atoms with van der Waals surface area (Å²) >= 11 is 0. The highest BCUT2D eigenvalue weighted by molar-refractivity contribution is 5.82. The Morgan fingerprint density at radius 1 is 1.17 bits per heavy atom. The highest BCUT2D eigenvalue weighted by atomic mass is 19.1. The lowest BCUT2D eigenvalue weighted by Crippen LogP contribution is -1.93. The molecule has 0 radical (unpaired) electrons. The SMILES string of the molecule is Nc1cc(F)ccc1Oc1noc2ccccc12. The molecule has 1 heterocycles. The summed E-state index contributed by atoms with van der Waals surface area (Å²) in [4.78, 5) is 0. The molecule has 0 saturated carbocycles. The van der Waals surface area contributed by atoms with Gasteiger partial charge in [0.05, 0.1) is 11.1 Å². The van der Waals surface area contributed by atoms with Crippen molar-refractivity contribution in [3.63, 3.8) is 0 Å². The van der Waals surface area contributed by atoms with Gasteiger partial charge in [-0.3, -0.25) is 0 Å². The van der Waals surface area contributed by atoms with E-state index in [-0.39, 0.29) is 5.69 Å². The summed E-state index contributed by atoms with van der Waals surface area (Å²) < 4.78 is 23.5.